The predicted molar refractivity (Wildman–Crippen MR) is 84.7 cm³/mol. The summed E-state index contributed by atoms with van der Waals surface area (Å²) in [6, 6.07) is 5.51. The third-order valence-corrected chi connectivity index (χ3v) is 5.20. The summed E-state index contributed by atoms with van der Waals surface area (Å²) in [6.07, 6.45) is -0.916. The maximum atomic E-state index is 13.0. The Morgan fingerprint density at radius 1 is 1.31 bits per heavy atom. The zero-order valence-electron chi connectivity index (χ0n) is 13.5. The number of hydrogen-bond acceptors (Lipinski definition) is 5. The van der Waals surface area contributed by atoms with E-state index in [1.807, 2.05) is 4.90 Å². The van der Waals surface area contributed by atoms with Crippen LogP contribution in [-0.4, -0.2) is 34.2 Å². The van der Waals surface area contributed by atoms with Crippen molar-refractivity contribution in [3.8, 4) is 0 Å². The molecule has 2 N–H and O–H groups in total. The number of fused-ring (bicyclic) bond motifs is 1. The average molecular weight is 364 g/mol. The number of rotatable bonds is 3. The number of halogens is 3. The second kappa shape index (κ2) is 5.66. The van der Waals surface area contributed by atoms with Crippen molar-refractivity contribution in [3.05, 3.63) is 53.3 Å². The molecule has 2 heterocycles. The summed E-state index contributed by atoms with van der Waals surface area (Å²) in [5, 5.41) is 8.60. The summed E-state index contributed by atoms with van der Waals surface area (Å²) in [7, 11) is 0. The monoisotopic (exact) mass is 364 g/mol. The zero-order valence-corrected chi connectivity index (χ0v) is 13.5. The minimum atomic E-state index is -4.36. The third kappa shape index (κ3) is 2.68. The molecular formula is C17H15F3N4O2. The Kier molecular flexibility index (Phi) is 3.65. The number of carbonyl (C=O) groups excluding carboxylic acids is 1. The number of carbonyl (C=O) groups is 1. The first-order valence-corrected chi connectivity index (χ1v) is 8.03. The van der Waals surface area contributed by atoms with Crippen LogP contribution < -0.4 is 10.4 Å². The molecule has 1 amide bonds. The van der Waals surface area contributed by atoms with Gasteiger partial charge in [-0.3, -0.25) is 10.0 Å². The number of benzene rings is 1. The second-order valence-corrected chi connectivity index (χ2v) is 6.73. The van der Waals surface area contributed by atoms with Crippen LogP contribution in [0.1, 0.15) is 27.9 Å². The molecule has 2 unspecified atom stereocenters. The van der Waals surface area contributed by atoms with E-state index in [0.717, 1.165) is 12.5 Å². The van der Waals surface area contributed by atoms with E-state index < -0.39 is 17.6 Å². The Morgan fingerprint density at radius 2 is 2.04 bits per heavy atom. The molecule has 1 aromatic heterocycles. The predicted octanol–water partition coefficient (Wildman–Crippen LogP) is 2.39. The van der Waals surface area contributed by atoms with Gasteiger partial charge in [0.15, 0.2) is 0 Å². The molecule has 6 nitrogen and oxygen atoms in total. The number of hydrogen-bond donors (Lipinski definition) is 2. The highest BCUT2D eigenvalue weighted by atomic mass is 19.4. The van der Waals surface area contributed by atoms with Crippen molar-refractivity contribution in [1.82, 2.24) is 15.4 Å². The minimum Gasteiger partial charge on any atom is -0.340 e. The molecule has 1 saturated heterocycles. The first-order valence-electron chi connectivity index (χ1n) is 8.03. The molecule has 2 aromatic rings. The first kappa shape index (κ1) is 16.8. The Hall–Kier alpha value is -2.68. The summed E-state index contributed by atoms with van der Waals surface area (Å²) in [5.41, 5.74) is 1.38. The highest BCUT2D eigenvalue weighted by Gasteiger charge is 2.61. The SMILES string of the molecule is O=C(NO)c1cnc(N2CC3CC3(c3cccc(C(F)(F)F)c3)C2)nc1. The molecule has 0 bridgehead atoms. The van der Waals surface area contributed by atoms with E-state index in [9.17, 15) is 18.0 Å². The van der Waals surface area contributed by atoms with Crippen LogP contribution in [0.2, 0.25) is 0 Å². The molecule has 9 heteroatoms. The molecule has 2 aliphatic rings. The van der Waals surface area contributed by atoms with Crippen LogP contribution in [0.25, 0.3) is 0 Å². The number of alkyl halides is 3. The lowest BCUT2D eigenvalue weighted by Crippen LogP contribution is -2.28. The van der Waals surface area contributed by atoms with Gasteiger partial charge in [-0.1, -0.05) is 18.2 Å². The molecule has 1 saturated carbocycles. The Balaban J connectivity index is 1.55. The number of aromatic nitrogens is 2. The molecule has 1 aliphatic heterocycles. The largest absolute Gasteiger partial charge is 0.416 e. The van der Waals surface area contributed by atoms with E-state index in [4.69, 9.17) is 5.21 Å². The van der Waals surface area contributed by atoms with Gasteiger partial charge < -0.3 is 4.90 Å². The van der Waals surface area contributed by atoms with Crippen molar-refractivity contribution in [2.24, 2.45) is 5.92 Å². The standard InChI is InChI=1S/C17H15F3N4O2/c18-17(19,20)12-3-1-2-11(4-12)16-5-13(16)8-24(9-16)15-21-6-10(7-22-15)14(25)23-26/h1-4,6-7,13,26H,5,8-9H2,(H,23,25). The van der Waals surface area contributed by atoms with E-state index in [0.29, 0.717) is 24.6 Å². The Labute approximate surface area is 146 Å². The van der Waals surface area contributed by atoms with Crippen LogP contribution in [0.5, 0.6) is 0 Å². The summed E-state index contributed by atoms with van der Waals surface area (Å²) in [4.78, 5) is 21.5. The van der Waals surface area contributed by atoms with Crippen molar-refractivity contribution in [2.75, 3.05) is 18.0 Å². The molecule has 2 fully saturated rings. The smallest absolute Gasteiger partial charge is 0.340 e. The van der Waals surface area contributed by atoms with Gasteiger partial charge in [-0.15, -0.1) is 0 Å². The van der Waals surface area contributed by atoms with E-state index in [1.165, 1.54) is 30.0 Å². The van der Waals surface area contributed by atoms with Gasteiger partial charge in [0.05, 0.1) is 11.1 Å². The van der Waals surface area contributed by atoms with Gasteiger partial charge in [0.25, 0.3) is 5.91 Å². The van der Waals surface area contributed by atoms with E-state index in [1.54, 1.807) is 6.07 Å². The normalized spacial score (nSPS) is 24.3. The van der Waals surface area contributed by atoms with Crippen LogP contribution in [0.4, 0.5) is 19.1 Å². The van der Waals surface area contributed by atoms with Crippen molar-refractivity contribution < 1.29 is 23.2 Å². The summed E-state index contributed by atoms with van der Waals surface area (Å²) in [6.45, 7) is 1.19. The van der Waals surface area contributed by atoms with Gasteiger partial charge in [0, 0.05) is 30.9 Å². The third-order valence-electron chi connectivity index (χ3n) is 5.20. The number of anilines is 1. The molecule has 1 aromatic carbocycles. The molecule has 1 aliphatic carbocycles. The molecular weight excluding hydrogens is 349 g/mol. The van der Waals surface area contributed by atoms with Crippen LogP contribution in [-0.2, 0) is 11.6 Å². The van der Waals surface area contributed by atoms with Gasteiger partial charge in [0.2, 0.25) is 5.95 Å². The highest BCUT2D eigenvalue weighted by molar-refractivity contribution is 5.92. The average Bonchev–Trinajstić information content (AvgIpc) is 3.22. The fourth-order valence-electron chi connectivity index (χ4n) is 3.75. The van der Waals surface area contributed by atoms with Gasteiger partial charge in [-0.05, 0) is 24.0 Å². The van der Waals surface area contributed by atoms with Crippen LogP contribution in [0.3, 0.4) is 0 Å². The molecule has 4 rings (SSSR count). The highest BCUT2D eigenvalue weighted by Crippen LogP contribution is 2.59. The molecule has 0 radical (unpaired) electrons. The van der Waals surface area contributed by atoms with Crippen molar-refractivity contribution >= 4 is 11.9 Å². The molecule has 26 heavy (non-hydrogen) atoms. The molecule has 2 atom stereocenters. The Morgan fingerprint density at radius 3 is 2.69 bits per heavy atom. The fourth-order valence-corrected chi connectivity index (χ4v) is 3.75. The Bertz CT molecular complexity index is 856. The minimum absolute atomic E-state index is 0.119. The van der Waals surface area contributed by atoms with Crippen LogP contribution in [0, 0.1) is 5.92 Å². The van der Waals surface area contributed by atoms with Crippen molar-refractivity contribution in [3.63, 3.8) is 0 Å². The summed E-state index contributed by atoms with van der Waals surface area (Å²) >= 11 is 0. The van der Waals surface area contributed by atoms with Crippen LogP contribution >= 0.6 is 0 Å². The van der Waals surface area contributed by atoms with Gasteiger partial charge in [-0.25, -0.2) is 15.4 Å². The lowest BCUT2D eigenvalue weighted by Gasteiger charge is -2.21. The maximum absolute atomic E-state index is 13.0. The zero-order chi connectivity index (χ0) is 18.5. The van der Waals surface area contributed by atoms with E-state index >= 15 is 0 Å². The quantitative estimate of drug-likeness (QED) is 0.646. The number of piperidine rings is 1. The van der Waals surface area contributed by atoms with Gasteiger partial charge >= 0.3 is 6.18 Å². The maximum Gasteiger partial charge on any atom is 0.416 e. The second-order valence-electron chi connectivity index (χ2n) is 6.73. The van der Waals surface area contributed by atoms with Gasteiger partial charge in [-0.2, -0.15) is 13.2 Å². The number of hydroxylamine groups is 1. The first-order chi connectivity index (χ1) is 12.3. The lowest BCUT2D eigenvalue weighted by atomic mass is 9.93. The lowest BCUT2D eigenvalue weighted by molar-refractivity contribution is -0.137. The van der Waals surface area contributed by atoms with Gasteiger partial charge in [0.1, 0.15) is 0 Å². The number of amides is 1. The van der Waals surface area contributed by atoms with Crippen molar-refractivity contribution in [1.29, 1.82) is 0 Å². The summed E-state index contributed by atoms with van der Waals surface area (Å²) < 4.78 is 39.0. The topological polar surface area (TPSA) is 78.3 Å². The molecule has 0 spiro atoms. The number of nitrogens with one attached hydrogen (secondary N) is 1. The summed E-state index contributed by atoms with van der Waals surface area (Å²) in [5.74, 6) is -0.0331. The molecule has 136 valence electrons. The number of nitrogens with zero attached hydrogens (tertiary/aromatic N) is 3. The van der Waals surface area contributed by atoms with Crippen LogP contribution in [0.15, 0.2) is 36.7 Å². The van der Waals surface area contributed by atoms with E-state index in [-0.39, 0.29) is 16.9 Å². The van der Waals surface area contributed by atoms with Crippen molar-refractivity contribution in [2.45, 2.75) is 18.0 Å². The fraction of sp³-hybridized carbons (Fsp3) is 0.353. The van der Waals surface area contributed by atoms with E-state index in [2.05, 4.69) is 9.97 Å².